The molecular formula is C21H34IN5O3. The van der Waals surface area contributed by atoms with Crippen molar-refractivity contribution in [2.45, 2.75) is 52.8 Å². The van der Waals surface area contributed by atoms with E-state index in [1.807, 2.05) is 58.9 Å². The lowest BCUT2D eigenvalue weighted by atomic mass is 10.1. The molecule has 0 aliphatic carbocycles. The Labute approximate surface area is 196 Å². The number of halogens is 1. The summed E-state index contributed by atoms with van der Waals surface area (Å²) in [7, 11) is 1.71. The largest absolute Gasteiger partial charge is 0.444 e. The minimum absolute atomic E-state index is 0. The van der Waals surface area contributed by atoms with E-state index in [2.05, 4.69) is 20.9 Å². The zero-order valence-electron chi connectivity index (χ0n) is 18.6. The molecule has 0 atom stereocenters. The van der Waals surface area contributed by atoms with Gasteiger partial charge in [0.05, 0.1) is 6.04 Å². The lowest BCUT2D eigenvalue weighted by Crippen LogP contribution is -2.63. The van der Waals surface area contributed by atoms with Crippen LogP contribution in [0.5, 0.6) is 0 Å². The number of hydrogen-bond donors (Lipinski definition) is 3. The smallest absolute Gasteiger partial charge is 0.410 e. The first-order valence-electron chi connectivity index (χ1n) is 9.92. The minimum Gasteiger partial charge on any atom is -0.444 e. The van der Waals surface area contributed by atoms with Crippen LogP contribution in [0.2, 0.25) is 0 Å². The average Bonchev–Trinajstić information content (AvgIpc) is 2.59. The number of nitrogens with one attached hydrogen (secondary N) is 3. The van der Waals surface area contributed by atoms with E-state index in [1.54, 1.807) is 11.9 Å². The van der Waals surface area contributed by atoms with Crippen molar-refractivity contribution in [3.8, 4) is 0 Å². The van der Waals surface area contributed by atoms with Gasteiger partial charge in [-0.05, 0) is 38.5 Å². The van der Waals surface area contributed by atoms with Crippen molar-refractivity contribution >= 4 is 47.6 Å². The molecule has 0 saturated carbocycles. The van der Waals surface area contributed by atoms with E-state index in [0.717, 1.165) is 11.3 Å². The molecule has 168 valence electrons. The van der Waals surface area contributed by atoms with Gasteiger partial charge in [0.15, 0.2) is 5.96 Å². The third-order valence-corrected chi connectivity index (χ3v) is 4.30. The second kappa shape index (κ2) is 11.4. The molecule has 9 heteroatoms. The van der Waals surface area contributed by atoms with E-state index >= 15 is 0 Å². The van der Waals surface area contributed by atoms with Crippen LogP contribution in [0.25, 0.3) is 0 Å². The van der Waals surface area contributed by atoms with Crippen LogP contribution in [0.4, 0.5) is 10.5 Å². The Morgan fingerprint density at radius 3 is 2.30 bits per heavy atom. The van der Waals surface area contributed by atoms with Gasteiger partial charge in [-0.3, -0.25) is 9.79 Å². The number of aliphatic imine (C=N–C) groups is 1. The maximum atomic E-state index is 12.0. The molecule has 3 N–H and O–H groups in total. The molecule has 1 aromatic carbocycles. The summed E-state index contributed by atoms with van der Waals surface area (Å²) in [5.74, 6) is 0.626. The number of anilines is 1. The van der Waals surface area contributed by atoms with Crippen LogP contribution in [0.3, 0.4) is 0 Å². The number of amides is 2. The molecule has 1 saturated heterocycles. The Balaban J connectivity index is 0.00000450. The zero-order chi connectivity index (χ0) is 21.6. The first kappa shape index (κ1) is 26.0. The maximum Gasteiger partial charge on any atom is 0.410 e. The second-order valence-corrected chi connectivity index (χ2v) is 8.49. The van der Waals surface area contributed by atoms with Crippen molar-refractivity contribution in [1.29, 1.82) is 0 Å². The maximum absolute atomic E-state index is 12.0. The van der Waals surface area contributed by atoms with Gasteiger partial charge in [-0.15, -0.1) is 24.0 Å². The van der Waals surface area contributed by atoms with Crippen LogP contribution in [-0.2, 0) is 16.1 Å². The fourth-order valence-electron chi connectivity index (χ4n) is 2.61. The zero-order valence-corrected chi connectivity index (χ0v) is 20.9. The van der Waals surface area contributed by atoms with Crippen LogP contribution in [-0.4, -0.2) is 54.6 Å². The number of likely N-dealkylation sites (tertiary alicyclic amines) is 1. The van der Waals surface area contributed by atoms with Gasteiger partial charge in [0.25, 0.3) is 0 Å². The normalized spacial score (nSPS) is 14.5. The van der Waals surface area contributed by atoms with Crippen molar-refractivity contribution in [3.05, 3.63) is 29.8 Å². The molecule has 1 aromatic rings. The Hall–Kier alpha value is -2.04. The third-order valence-electron chi connectivity index (χ3n) is 4.30. The second-order valence-electron chi connectivity index (χ2n) is 8.49. The first-order chi connectivity index (χ1) is 13.6. The number of rotatable bonds is 5. The Bertz CT molecular complexity index is 738. The molecule has 2 amide bonds. The molecule has 0 radical (unpaired) electrons. The lowest BCUT2D eigenvalue weighted by molar-refractivity contribution is -0.118. The number of guanidine groups is 1. The summed E-state index contributed by atoms with van der Waals surface area (Å²) in [6.45, 7) is 11.1. The Kier molecular flexibility index (Phi) is 9.86. The summed E-state index contributed by atoms with van der Waals surface area (Å²) in [5.41, 5.74) is 1.37. The number of benzene rings is 1. The van der Waals surface area contributed by atoms with Gasteiger partial charge >= 0.3 is 6.09 Å². The summed E-state index contributed by atoms with van der Waals surface area (Å²) >= 11 is 0. The van der Waals surface area contributed by atoms with Crippen LogP contribution >= 0.6 is 24.0 Å². The monoisotopic (exact) mass is 531 g/mol. The van der Waals surface area contributed by atoms with E-state index < -0.39 is 5.60 Å². The van der Waals surface area contributed by atoms with Gasteiger partial charge in [-0.1, -0.05) is 26.0 Å². The van der Waals surface area contributed by atoms with E-state index in [9.17, 15) is 9.59 Å². The number of carbonyl (C=O) groups excluding carboxylic acids is 2. The van der Waals surface area contributed by atoms with Crippen molar-refractivity contribution in [2.75, 3.05) is 25.5 Å². The molecule has 0 aromatic heterocycles. The predicted molar refractivity (Wildman–Crippen MR) is 130 cm³/mol. The molecule has 0 unspecified atom stereocenters. The van der Waals surface area contributed by atoms with Crippen LogP contribution in [0, 0.1) is 5.92 Å². The fraction of sp³-hybridized carbons (Fsp3) is 0.571. The van der Waals surface area contributed by atoms with Gasteiger partial charge in [0.1, 0.15) is 5.60 Å². The van der Waals surface area contributed by atoms with Gasteiger partial charge in [0.2, 0.25) is 5.91 Å². The predicted octanol–water partition coefficient (Wildman–Crippen LogP) is 3.18. The highest BCUT2D eigenvalue weighted by Crippen LogP contribution is 2.15. The van der Waals surface area contributed by atoms with Crippen LogP contribution in [0.1, 0.15) is 40.2 Å². The first-order valence-corrected chi connectivity index (χ1v) is 9.92. The molecule has 2 rings (SSSR count). The van der Waals surface area contributed by atoms with E-state index in [-0.39, 0.29) is 47.9 Å². The molecule has 1 aliphatic heterocycles. The molecule has 1 heterocycles. The number of hydrogen-bond acceptors (Lipinski definition) is 4. The number of nitrogens with zero attached hydrogens (tertiary/aromatic N) is 2. The third kappa shape index (κ3) is 8.37. The molecule has 1 fully saturated rings. The van der Waals surface area contributed by atoms with E-state index in [0.29, 0.717) is 25.6 Å². The topological polar surface area (TPSA) is 95.1 Å². The molecular weight excluding hydrogens is 497 g/mol. The Morgan fingerprint density at radius 2 is 1.80 bits per heavy atom. The summed E-state index contributed by atoms with van der Waals surface area (Å²) in [6.07, 6.45) is -0.289. The summed E-state index contributed by atoms with van der Waals surface area (Å²) < 4.78 is 5.36. The van der Waals surface area contributed by atoms with E-state index in [1.165, 1.54) is 0 Å². The molecule has 30 heavy (non-hydrogen) atoms. The quantitative estimate of drug-likeness (QED) is 0.308. The fourth-order valence-corrected chi connectivity index (χ4v) is 2.61. The molecule has 8 nitrogen and oxygen atoms in total. The van der Waals surface area contributed by atoms with Crippen LogP contribution < -0.4 is 16.0 Å². The van der Waals surface area contributed by atoms with Crippen LogP contribution in [0.15, 0.2) is 29.3 Å². The van der Waals surface area contributed by atoms with Crippen molar-refractivity contribution in [1.82, 2.24) is 15.5 Å². The highest BCUT2D eigenvalue weighted by molar-refractivity contribution is 14.0. The van der Waals surface area contributed by atoms with Crippen molar-refractivity contribution in [2.24, 2.45) is 10.9 Å². The lowest BCUT2D eigenvalue weighted by Gasteiger charge is -2.40. The van der Waals surface area contributed by atoms with Crippen molar-refractivity contribution in [3.63, 3.8) is 0 Å². The summed E-state index contributed by atoms with van der Waals surface area (Å²) in [5, 5.41) is 9.44. The highest BCUT2D eigenvalue weighted by Gasteiger charge is 2.34. The van der Waals surface area contributed by atoms with Gasteiger partial charge in [0, 0.05) is 38.3 Å². The SMILES string of the molecule is CN=C(NCc1ccc(NC(=O)C(C)C)cc1)NC1CN(C(=O)OC(C)(C)C)C1.I. The average molecular weight is 531 g/mol. The minimum atomic E-state index is -0.486. The molecule has 1 aliphatic rings. The van der Waals surface area contributed by atoms with Gasteiger partial charge < -0.3 is 25.6 Å². The van der Waals surface area contributed by atoms with Gasteiger partial charge in [-0.2, -0.15) is 0 Å². The number of ether oxygens (including phenoxy) is 1. The van der Waals surface area contributed by atoms with Gasteiger partial charge in [-0.25, -0.2) is 4.79 Å². The summed E-state index contributed by atoms with van der Waals surface area (Å²) in [6, 6.07) is 7.84. The number of carbonyl (C=O) groups is 2. The van der Waals surface area contributed by atoms with E-state index in [4.69, 9.17) is 4.74 Å². The molecule has 0 spiro atoms. The summed E-state index contributed by atoms with van der Waals surface area (Å²) in [4.78, 5) is 29.6. The standard InChI is InChI=1S/C21H33N5O3.HI/c1-14(2)18(27)24-16-9-7-15(8-10-16)11-23-19(22-6)25-17-12-26(13-17)20(28)29-21(3,4)5;/h7-10,14,17H,11-13H2,1-6H3,(H,24,27)(H2,22,23,25);1H. The Morgan fingerprint density at radius 1 is 1.20 bits per heavy atom. The molecule has 0 bridgehead atoms. The highest BCUT2D eigenvalue weighted by atomic mass is 127. The van der Waals surface area contributed by atoms with Crippen molar-refractivity contribution < 1.29 is 14.3 Å².